The van der Waals surface area contributed by atoms with Gasteiger partial charge in [-0.05, 0) is 35.2 Å². The normalized spacial score (nSPS) is 21.9. The SMILES string of the molecule is COCCC1CSC(=NCCc2ccsc2)N1. The molecule has 0 bridgehead atoms. The molecule has 0 aliphatic carbocycles. The highest BCUT2D eigenvalue weighted by atomic mass is 32.2. The number of nitrogens with zero attached hydrogens (tertiary/aromatic N) is 1. The first-order chi connectivity index (χ1) is 8.38. The van der Waals surface area contributed by atoms with Crippen LogP contribution in [0.15, 0.2) is 21.8 Å². The number of hydrogen-bond acceptors (Lipinski definition) is 4. The zero-order valence-electron chi connectivity index (χ0n) is 10.0. The Bertz CT molecular complexity index is 351. The number of nitrogens with one attached hydrogen (secondary N) is 1. The van der Waals surface area contributed by atoms with E-state index in [4.69, 9.17) is 4.74 Å². The third-order valence-corrected chi connectivity index (χ3v) is 4.48. The zero-order chi connectivity index (χ0) is 11.9. The van der Waals surface area contributed by atoms with Gasteiger partial charge in [-0.3, -0.25) is 4.99 Å². The van der Waals surface area contributed by atoms with Crippen molar-refractivity contribution in [2.45, 2.75) is 18.9 Å². The van der Waals surface area contributed by atoms with E-state index in [1.807, 2.05) is 11.8 Å². The van der Waals surface area contributed by atoms with Gasteiger partial charge in [0.15, 0.2) is 5.17 Å². The Morgan fingerprint density at radius 3 is 3.29 bits per heavy atom. The molecule has 1 unspecified atom stereocenters. The second-order valence-electron chi connectivity index (χ2n) is 4.00. The molecule has 5 heteroatoms. The average Bonchev–Trinajstić information content (AvgIpc) is 2.98. The van der Waals surface area contributed by atoms with Gasteiger partial charge in [-0.2, -0.15) is 11.3 Å². The summed E-state index contributed by atoms with van der Waals surface area (Å²) in [7, 11) is 1.75. The number of thiophene rings is 1. The Morgan fingerprint density at radius 1 is 1.59 bits per heavy atom. The fourth-order valence-corrected chi connectivity index (χ4v) is 3.41. The van der Waals surface area contributed by atoms with Crippen LogP contribution in [0.2, 0.25) is 0 Å². The van der Waals surface area contributed by atoms with Gasteiger partial charge in [0.05, 0.1) is 0 Å². The molecule has 0 spiro atoms. The Morgan fingerprint density at radius 2 is 2.53 bits per heavy atom. The van der Waals surface area contributed by atoms with Crippen molar-refractivity contribution in [3.8, 4) is 0 Å². The minimum absolute atomic E-state index is 0.528. The molecule has 0 radical (unpaired) electrons. The van der Waals surface area contributed by atoms with Gasteiger partial charge >= 0.3 is 0 Å². The molecular formula is C12H18N2OS2. The predicted octanol–water partition coefficient (Wildman–Crippen LogP) is 2.39. The van der Waals surface area contributed by atoms with Crippen molar-refractivity contribution >= 4 is 28.3 Å². The minimum atomic E-state index is 0.528. The molecule has 0 saturated carbocycles. The van der Waals surface area contributed by atoms with Crippen LogP contribution in [0, 0.1) is 0 Å². The fourth-order valence-electron chi connectivity index (χ4n) is 1.67. The molecule has 1 N–H and O–H groups in total. The summed E-state index contributed by atoms with van der Waals surface area (Å²) in [4.78, 5) is 4.59. The fraction of sp³-hybridized carbons (Fsp3) is 0.583. The zero-order valence-corrected chi connectivity index (χ0v) is 11.6. The van der Waals surface area contributed by atoms with Crippen molar-refractivity contribution in [1.82, 2.24) is 5.32 Å². The molecule has 0 amide bonds. The summed E-state index contributed by atoms with van der Waals surface area (Å²) in [6.45, 7) is 1.70. The first kappa shape index (κ1) is 12.9. The summed E-state index contributed by atoms with van der Waals surface area (Å²) in [5.74, 6) is 1.11. The van der Waals surface area contributed by atoms with Gasteiger partial charge in [0.2, 0.25) is 0 Å². The highest BCUT2D eigenvalue weighted by Crippen LogP contribution is 2.16. The topological polar surface area (TPSA) is 33.6 Å². The van der Waals surface area contributed by atoms with Crippen molar-refractivity contribution in [1.29, 1.82) is 0 Å². The van der Waals surface area contributed by atoms with E-state index in [9.17, 15) is 0 Å². The smallest absolute Gasteiger partial charge is 0.156 e. The van der Waals surface area contributed by atoms with Crippen LogP contribution < -0.4 is 5.32 Å². The summed E-state index contributed by atoms with van der Waals surface area (Å²) in [6, 6.07) is 2.70. The van der Waals surface area contributed by atoms with Gasteiger partial charge < -0.3 is 10.1 Å². The molecule has 17 heavy (non-hydrogen) atoms. The lowest BCUT2D eigenvalue weighted by atomic mass is 10.2. The molecule has 2 heterocycles. The van der Waals surface area contributed by atoms with Crippen molar-refractivity contribution in [3.05, 3.63) is 22.4 Å². The molecule has 3 nitrogen and oxygen atoms in total. The number of hydrogen-bond donors (Lipinski definition) is 1. The average molecular weight is 270 g/mol. The maximum absolute atomic E-state index is 5.08. The van der Waals surface area contributed by atoms with Gasteiger partial charge in [-0.25, -0.2) is 0 Å². The summed E-state index contributed by atoms with van der Waals surface area (Å²) in [5.41, 5.74) is 1.39. The molecule has 1 aromatic rings. The van der Waals surface area contributed by atoms with E-state index in [1.165, 1.54) is 5.56 Å². The van der Waals surface area contributed by atoms with Crippen LogP contribution in [-0.4, -0.2) is 37.2 Å². The quantitative estimate of drug-likeness (QED) is 0.862. The molecule has 1 saturated heterocycles. The van der Waals surface area contributed by atoms with Gasteiger partial charge in [-0.15, -0.1) is 0 Å². The largest absolute Gasteiger partial charge is 0.385 e. The second kappa shape index (κ2) is 7.03. The third kappa shape index (κ3) is 4.33. The minimum Gasteiger partial charge on any atom is -0.385 e. The second-order valence-corrected chi connectivity index (χ2v) is 5.79. The highest BCUT2D eigenvalue weighted by molar-refractivity contribution is 8.14. The number of rotatable bonds is 6. The lowest BCUT2D eigenvalue weighted by Crippen LogP contribution is -2.28. The maximum Gasteiger partial charge on any atom is 0.156 e. The summed E-state index contributed by atoms with van der Waals surface area (Å²) in [5, 5.41) is 8.85. The molecule has 1 aliphatic rings. The number of amidine groups is 1. The first-order valence-corrected chi connectivity index (χ1v) is 7.75. The molecule has 1 aromatic heterocycles. The predicted molar refractivity (Wildman–Crippen MR) is 76.2 cm³/mol. The van der Waals surface area contributed by atoms with Crippen molar-refractivity contribution in [3.63, 3.8) is 0 Å². The van der Waals surface area contributed by atoms with Crippen LogP contribution in [0.3, 0.4) is 0 Å². The van der Waals surface area contributed by atoms with Gasteiger partial charge in [0, 0.05) is 32.1 Å². The van der Waals surface area contributed by atoms with Gasteiger partial charge in [0.25, 0.3) is 0 Å². The van der Waals surface area contributed by atoms with E-state index in [2.05, 4.69) is 27.1 Å². The van der Waals surface area contributed by atoms with Gasteiger partial charge in [-0.1, -0.05) is 11.8 Å². The molecule has 2 rings (SSSR count). The lowest BCUT2D eigenvalue weighted by molar-refractivity contribution is 0.188. The number of thioether (sulfide) groups is 1. The Labute approximate surface area is 111 Å². The van der Waals surface area contributed by atoms with Gasteiger partial charge in [0.1, 0.15) is 0 Å². The van der Waals surface area contributed by atoms with Crippen molar-refractivity contribution in [2.75, 3.05) is 26.0 Å². The first-order valence-electron chi connectivity index (χ1n) is 5.82. The summed E-state index contributed by atoms with van der Waals surface area (Å²) >= 11 is 3.57. The van der Waals surface area contributed by atoms with E-state index in [0.29, 0.717) is 6.04 Å². The van der Waals surface area contributed by atoms with Crippen molar-refractivity contribution in [2.24, 2.45) is 4.99 Å². The maximum atomic E-state index is 5.08. The van der Waals surface area contributed by atoms with E-state index in [1.54, 1.807) is 18.4 Å². The van der Waals surface area contributed by atoms with E-state index < -0.39 is 0 Å². The van der Waals surface area contributed by atoms with Crippen LogP contribution in [-0.2, 0) is 11.2 Å². The number of aliphatic imine (C=N–C) groups is 1. The monoisotopic (exact) mass is 270 g/mol. The van der Waals surface area contributed by atoms with Crippen LogP contribution in [0.4, 0.5) is 0 Å². The molecule has 1 aliphatic heterocycles. The van der Waals surface area contributed by atoms with Crippen LogP contribution in [0.25, 0.3) is 0 Å². The lowest BCUT2D eigenvalue weighted by Gasteiger charge is -2.08. The summed E-state index contributed by atoms with van der Waals surface area (Å²) < 4.78 is 5.08. The highest BCUT2D eigenvalue weighted by Gasteiger charge is 2.19. The van der Waals surface area contributed by atoms with Crippen LogP contribution in [0.5, 0.6) is 0 Å². The Kier molecular flexibility index (Phi) is 5.35. The van der Waals surface area contributed by atoms with E-state index >= 15 is 0 Å². The summed E-state index contributed by atoms with van der Waals surface area (Å²) in [6.07, 6.45) is 2.10. The van der Waals surface area contributed by atoms with Crippen molar-refractivity contribution < 1.29 is 4.74 Å². The molecule has 1 fully saturated rings. The Balaban J connectivity index is 1.69. The third-order valence-electron chi connectivity index (χ3n) is 2.66. The standard InChI is InChI=1S/C12H18N2OS2/c1-15-6-3-11-9-17-12(14-11)13-5-2-10-4-7-16-8-10/h4,7-8,11H,2-3,5-6,9H2,1H3,(H,13,14). The molecular weight excluding hydrogens is 252 g/mol. The van der Waals surface area contributed by atoms with E-state index in [-0.39, 0.29) is 0 Å². The Hall–Kier alpha value is -0.520. The molecule has 0 aromatic carbocycles. The molecule has 94 valence electrons. The number of methoxy groups -OCH3 is 1. The van der Waals surface area contributed by atoms with E-state index in [0.717, 1.165) is 36.9 Å². The number of ether oxygens (including phenoxy) is 1. The van der Waals surface area contributed by atoms with Crippen LogP contribution in [0.1, 0.15) is 12.0 Å². The molecule has 1 atom stereocenters. The van der Waals surface area contributed by atoms with Crippen LogP contribution >= 0.6 is 23.1 Å².